The molecule has 0 radical (unpaired) electrons. The van der Waals surface area contributed by atoms with Gasteiger partial charge in [-0.3, -0.25) is 4.90 Å². The van der Waals surface area contributed by atoms with Crippen LogP contribution in [0.1, 0.15) is 36.0 Å². The first-order valence-corrected chi connectivity index (χ1v) is 7.87. The molecule has 1 aliphatic rings. The summed E-state index contributed by atoms with van der Waals surface area (Å²) in [5.41, 5.74) is 2.81. The Bertz CT molecular complexity index is 718. The number of hydrogen-bond acceptors (Lipinski definition) is 6. The number of phenolic OH excluding ortho intramolecular Hbond substituents is 3. The normalized spacial score (nSPS) is 14.7. The minimum atomic E-state index is -0.465. The molecule has 2 aromatic rings. The lowest BCUT2D eigenvalue weighted by Gasteiger charge is -2.28. The monoisotopic (exact) mass is 315 g/mol. The van der Waals surface area contributed by atoms with Gasteiger partial charge < -0.3 is 15.3 Å². The lowest BCUT2D eigenvalue weighted by atomic mass is 10.1. The molecule has 122 valence electrons. The summed E-state index contributed by atoms with van der Waals surface area (Å²) in [6, 6.07) is 3.02. The summed E-state index contributed by atoms with van der Waals surface area (Å²) in [6.07, 6.45) is 4.68. The first kappa shape index (κ1) is 15.6. The predicted octanol–water partition coefficient (Wildman–Crippen LogP) is 2.10. The molecule has 1 aliphatic heterocycles. The molecule has 0 spiro atoms. The van der Waals surface area contributed by atoms with Gasteiger partial charge in [-0.2, -0.15) is 0 Å². The third-order valence-electron chi connectivity index (χ3n) is 4.14. The molecular weight excluding hydrogens is 294 g/mol. The van der Waals surface area contributed by atoms with Crippen molar-refractivity contribution < 1.29 is 15.3 Å². The SMILES string of the molecule is CCCc1ncc2c(n1)CCN(Cc1ccc(O)c(O)c1O)C2. The van der Waals surface area contributed by atoms with Gasteiger partial charge in [0.05, 0.1) is 0 Å². The van der Waals surface area contributed by atoms with Gasteiger partial charge in [0.1, 0.15) is 5.82 Å². The van der Waals surface area contributed by atoms with Crippen LogP contribution in [0.4, 0.5) is 0 Å². The molecule has 1 aromatic heterocycles. The van der Waals surface area contributed by atoms with Crippen molar-refractivity contribution in [2.45, 2.75) is 39.3 Å². The summed E-state index contributed by atoms with van der Waals surface area (Å²) in [7, 11) is 0. The molecule has 23 heavy (non-hydrogen) atoms. The second-order valence-electron chi connectivity index (χ2n) is 5.91. The summed E-state index contributed by atoms with van der Waals surface area (Å²) in [4.78, 5) is 11.2. The van der Waals surface area contributed by atoms with E-state index in [1.54, 1.807) is 6.07 Å². The Labute approximate surface area is 135 Å². The van der Waals surface area contributed by atoms with Gasteiger partial charge in [0.15, 0.2) is 11.5 Å². The fraction of sp³-hybridized carbons (Fsp3) is 0.412. The zero-order chi connectivity index (χ0) is 16.4. The third kappa shape index (κ3) is 3.22. The number of hydrogen-bond donors (Lipinski definition) is 3. The van der Waals surface area contributed by atoms with Crippen LogP contribution in [0.2, 0.25) is 0 Å². The molecule has 0 aliphatic carbocycles. The highest BCUT2D eigenvalue weighted by molar-refractivity contribution is 5.53. The molecule has 0 fully saturated rings. The number of benzene rings is 1. The minimum Gasteiger partial charge on any atom is -0.504 e. The first-order chi connectivity index (χ1) is 11.1. The Morgan fingerprint density at radius 3 is 2.78 bits per heavy atom. The van der Waals surface area contributed by atoms with E-state index in [0.29, 0.717) is 18.7 Å². The van der Waals surface area contributed by atoms with Gasteiger partial charge >= 0.3 is 0 Å². The van der Waals surface area contributed by atoms with Crippen molar-refractivity contribution in [2.24, 2.45) is 0 Å². The van der Waals surface area contributed by atoms with E-state index in [2.05, 4.69) is 21.8 Å². The van der Waals surface area contributed by atoms with E-state index in [1.807, 2.05) is 6.20 Å². The van der Waals surface area contributed by atoms with E-state index >= 15 is 0 Å². The minimum absolute atomic E-state index is 0.259. The number of rotatable bonds is 4. The molecule has 0 amide bonds. The second kappa shape index (κ2) is 6.42. The number of aromatic hydroxyl groups is 3. The highest BCUT2D eigenvalue weighted by atomic mass is 16.3. The van der Waals surface area contributed by atoms with Crippen molar-refractivity contribution in [3.8, 4) is 17.2 Å². The molecule has 0 bridgehead atoms. The van der Waals surface area contributed by atoms with Crippen LogP contribution in [0.25, 0.3) is 0 Å². The van der Waals surface area contributed by atoms with Gasteiger partial charge in [0, 0.05) is 55.5 Å². The summed E-state index contributed by atoms with van der Waals surface area (Å²) in [6.45, 7) is 4.15. The molecule has 3 N–H and O–H groups in total. The van der Waals surface area contributed by atoms with E-state index in [0.717, 1.165) is 42.9 Å². The van der Waals surface area contributed by atoms with Crippen molar-refractivity contribution in [3.63, 3.8) is 0 Å². The Kier molecular flexibility index (Phi) is 4.34. The van der Waals surface area contributed by atoms with Crippen molar-refractivity contribution in [3.05, 3.63) is 41.0 Å². The summed E-state index contributed by atoms with van der Waals surface area (Å²) < 4.78 is 0. The highest BCUT2D eigenvalue weighted by Gasteiger charge is 2.20. The Balaban J connectivity index is 1.74. The van der Waals surface area contributed by atoms with E-state index in [1.165, 1.54) is 6.07 Å². The summed E-state index contributed by atoms with van der Waals surface area (Å²) >= 11 is 0. The van der Waals surface area contributed by atoms with Crippen LogP contribution in [-0.2, 0) is 25.9 Å². The highest BCUT2D eigenvalue weighted by Crippen LogP contribution is 2.37. The first-order valence-electron chi connectivity index (χ1n) is 7.87. The van der Waals surface area contributed by atoms with Crippen LogP contribution in [0, 0.1) is 0 Å². The zero-order valence-corrected chi connectivity index (χ0v) is 13.2. The molecule has 0 saturated heterocycles. The predicted molar refractivity (Wildman–Crippen MR) is 85.3 cm³/mol. The van der Waals surface area contributed by atoms with Gasteiger partial charge in [-0.15, -0.1) is 0 Å². The van der Waals surface area contributed by atoms with Crippen LogP contribution >= 0.6 is 0 Å². The van der Waals surface area contributed by atoms with Gasteiger partial charge in [0.2, 0.25) is 5.75 Å². The Morgan fingerprint density at radius 1 is 1.17 bits per heavy atom. The van der Waals surface area contributed by atoms with Crippen LogP contribution in [0.3, 0.4) is 0 Å². The topological polar surface area (TPSA) is 89.7 Å². The lowest BCUT2D eigenvalue weighted by Crippen LogP contribution is -2.31. The number of aromatic nitrogens is 2. The maximum atomic E-state index is 9.94. The number of nitrogens with zero attached hydrogens (tertiary/aromatic N) is 3. The quantitative estimate of drug-likeness (QED) is 0.749. The van der Waals surface area contributed by atoms with Crippen LogP contribution in [0.15, 0.2) is 18.3 Å². The second-order valence-corrected chi connectivity index (χ2v) is 5.91. The number of phenols is 3. The molecule has 0 unspecified atom stereocenters. The van der Waals surface area contributed by atoms with Crippen molar-refractivity contribution in [2.75, 3.05) is 6.54 Å². The maximum Gasteiger partial charge on any atom is 0.200 e. The van der Waals surface area contributed by atoms with Crippen LogP contribution in [0.5, 0.6) is 17.2 Å². The van der Waals surface area contributed by atoms with E-state index in [4.69, 9.17) is 0 Å². The smallest absolute Gasteiger partial charge is 0.200 e. The van der Waals surface area contributed by atoms with Gasteiger partial charge in [-0.05, 0) is 12.5 Å². The van der Waals surface area contributed by atoms with Crippen molar-refractivity contribution >= 4 is 0 Å². The largest absolute Gasteiger partial charge is 0.504 e. The molecule has 3 rings (SSSR count). The maximum absolute atomic E-state index is 9.94. The van der Waals surface area contributed by atoms with Gasteiger partial charge in [0.25, 0.3) is 0 Å². The van der Waals surface area contributed by atoms with E-state index in [-0.39, 0.29) is 11.5 Å². The Morgan fingerprint density at radius 2 is 2.00 bits per heavy atom. The number of aryl methyl sites for hydroxylation is 1. The van der Waals surface area contributed by atoms with Crippen LogP contribution in [-0.4, -0.2) is 36.7 Å². The van der Waals surface area contributed by atoms with Gasteiger partial charge in [-0.25, -0.2) is 9.97 Å². The number of fused-ring (bicyclic) bond motifs is 1. The molecule has 0 saturated carbocycles. The molecule has 6 nitrogen and oxygen atoms in total. The molecule has 2 heterocycles. The molecule has 0 atom stereocenters. The van der Waals surface area contributed by atoms with Crippen LogP contribution < -0.4 is 0 Å². The zero-order valence-electron chi connectivity index (χ0n) is 13.2. The van der Waals surface area contributed by atoms with Crippen molar-refractivity contribution in [1.29, 1.82) is 0 Å². The Hall–Kier alpha value is -2.34. The average molecular weight is 315 g/mol. The summed E-state index contributed by atoms with van der Waals surface area (Å²) in [5.74, 6) is -0.134. The summed E-state index contributed by atoms with van der Waals surface area (Å²) in [5, 5.41) is 28.9. The average Bonchev–Trinajstić information content (AvgIpc) is 2.56. The lowest BCUT2D eigenvalue weighted by molar-refractivity contribution is 0.238. The fourth-order valence-electron chi connectivity index (χ4n) is 2.87. The third-order valence-corrected chi connectivity index (χ3v) is 4.14. The standard InChI is InChI=1S/C17H21N3O3/c1-2-3-15-18-8-12-10-20(7-6-13(12)19-15)9-11-4-5-14(21)17(23)16(11)22/h4-5,8,21-23H,2-3,6-7,9-10H2,1H3. The molecular formula is C17H21N3O3. The fourth-order valence-corrected chi connectivity index (χ4v) is 2.87. The van der Waals surface area contributed by atoms with E-state index in [9.17, 15) is 15.3 Å². The molecule has 6 heteroatoms. The molecule has 1 aromatic carbocycles. The van der Waals surface area contributed by atoms with E-state index < -0.39 is 5.75 Å². The van der Waals surface area contributed by atoms with Gasteiger partial charge in [-0.1, -0.05) is 13.0 Å². The van der Waals surface area contributed by atoms with Crippen molar-refractivity contribution in [1.82, 2.24) is 14.9 Å².